The van der Waals surface area contributed by atoms with Gasteiger partial charge in [0.25, 0.3) is 0 Å². The second-order valence-corrected chi connectivity index (χ2v) is 2.08. The topological polar surface area (TPSA) is 20.2 Å². The molecule has 0 aromatic rings. The number of aliphatic hydroxyl groups excluding tert-OH is 1. The molecule has 0 heterocycles. The highest BCUT2D eigenvalue weighted by Gasteiger charge is 1.93. The highest BCUT2D eigenvalue weighted by molar-refractivity contribution is 4.45. The smallest absolute Gasteiger partial charge is 0.0456 e. The summed E-state index contributed by atoms with van der Waals surface area (Å²) in [6.07, 6.45) is 2.33. The molecule has 1 N–H and O–H groups in total. The monoisotopic (exact) mass is 162 g/mol. The van der Waals surface area contributed by atoms with Crippen molar-refractivity contribution in [2.24, 2.45) is 5.92 Å². The van der Waals surface area contributed by atoms with E-state index in [1.807, 2.05) is 27.7 Å². The number of hydrogen-bond acceptors (Lipinski definition) is 1. The molecular weight excluding hydrogens is 136 g/mol. The second kappa shape index (κ2) is 22.5. The van der Waals surface area contributed by atoms with E-state index in [4.69, 9.17) is 5.11 Å². The van der Waals surface area contributed by atoms with Crippen LogP contribution in [-0.4, -0.2) is 11.7 Å². The van der Waals surface area contributed by atoms with Crippen LogP contribution in [0.4, 0.5) is 0 Å². The molecule has 0 aliphatic rings. The van der Waals surface area contributed by atoms with E-state index in [1.165, 1.54) is 6.42 Å². The van der Waals surface area contributed by atoms with Gasteiger partial charge in [0.15, 0.2) is 0 Å². The predicted molar refractivity (Wildman–Crippen MR) is 53.9 cm³/mol. The Hall–Kier alpha value is -0.0400. The minimum absolute atomic E-state index is 0.341. The lowest BCUT2D eigenvalue weighted by atomic mass is 10.1. The van der Waals surface area contributed by atoms with Crippen molar-refractivity contribution in [2.45, 2.75) is 54.4 Å². The van der Waals surface area contributed by atoms with Crippen LogP contribution in [0.1, 0.15) is 54.4 Å². The molecule has 0 aliphatic carbocycles. The SMILES string of the molecule is CC.CC.CCCC(C)CO. The van der Waals surface area contributed by atoms with Crippen molar-refractivity contribution in [3.8, 4) is 0 Å². The van der Waals surface area contributed by atoms with E-state index in [1.54, 1.807) is 0 Å². The molecule has 0 aliphatic heterocycles. The molecule has 0 amide bonds. The van der Waals surface area contributed by atoms with Crippen molar-refractivity contribution >= 4 is 0 Å². The summed E-state index contributed by atoms with van der Waals surface area (Å²) in [5.41, 5.74) is 0. The maximum atomic E-state index is 8.47. The van der Waals surface area contributed by atoms with Gasteiger partial charge in [-0.2, -0.15) is 0 Å². The zero-order valence-corrected chi connectivity index (χ0v) is 9.15. The van der Waals surface area contributed by atoms with E-state index in [9.17, 15) is 0 Å². The summed E-state index contributed by atoms with van der Waals surface area (Å²) in [4.78, 5) is 0. The van der Waals surface area contributed by atoms with E-state index < -0.39 is 0 Å². The zero-order valence-electron chi connectivity index (χ0n) is 9.15. The lowest BCUT2D eigenvalue weighted by Crippen LogP contribution is -1.98. The fourth-order valence-corrected chi connectivity index (χ4v) is 0.584. The molecule has 0 aromatic carbocycles. The standard InChI is InChI=1S/C6H14O.2C2H6/c1-3-4-6(2)5-7;2*1-2/h6-7H,3-5H2,1-2H3;2*1-2H3. The van der Waals surface area contributed by atoms with Gasteiger partial charge in [0, 0.05) is 6.61 Å². The first-order chi connectivity index (χ1) is 5.31. The summed E-state index contributed by atoms with van der Waals surface area (Å²) in [5, 5.41) is 8.47. The van der Waals surface area contributed by atoms with Gasteiger partial charge in [-0.25, -0.2) is 0 Å². The third-order valence-electron chi connectivity index (χ3n) is 1.09. The van der Waals surface area contributed by atoms with Gasteiger partial charge in [0.1, 0.15) is 0 Å². The van der Waals surface area contributed by atoms with Crippen molar-refractivity contribution in [3.63, 3.8) is 0 Å². The Labute approximate surface area is 72.8 Å². The molecule has 0 fully saturated rings. The third-order valence-corrected chi connectivity index (χ3v) is 1.09. The second-order valence-electron chi connectivity index (χ2n) is 2.08. The molecule has 1 atom stereocenters. The summed E-state index contributed by atoms with van der Waals surface area (Å²) in [5.74, 6) is 0.505. The molecule has 0 aromatic heterocycles. The van der Waals surface area contributed by atoms with Crippen LogP contribution in [0.15, 0.2) is 0 Å². The van der Waals surface area contributed by atoms with E-state index in [-0.39, 0.29) is 0 Å². The van der Waals surface area contributed by atoms with Crippen molar-refractivity contribution in [2.75, 3.05) is 6.61 Å². The largest absolute Gasteiger partial charge is 0.396 e. The summed E-state index contributed by atoms with van der Waals surface area (Å²) >= 11 is 0. The fourth-order valence-electron chi connectivity index (χ4n) is 0.584. The van der Waals surface area contributed by atoms with E-state index >= 15 is 0 Å². The highest BCUT2D eigenvalue weighted by atomic mass is 16.3. The van der Waals surface area contributed by atoms with Crippen LogP contribution in [0, 0.1) is 5.92 Å². The van der Waals surface area contributed by atoms with Crippen molar-refractivity contribution in [3.05, 3.63) is 0 Å². The number of rotatable bonds is 3. The van der Waals surface area contributed by atoms with Crippen LogP contribution < -0.4 is 0 Å². The molecule has 1 unspecified atom stereocenters. The maximum Gasteiger partial charge on any atom is 0.0456 e. The third kappa shape index (κ3) is 25.7. The van der Waals surface area contributed by atoms with Gasteiger partial charge in [-0.15, -0.1) is 0 Å². The maximum absolute atomic E-state index is 8.47. The molecule has 11 heavy (non-hydrogen) atoms. The molecule has 0 saturated carbocycles. The Morgan fingerprint density at radius 1 is 1.09 bits per heavy atom. The summed E-state index contributed by atoms with van der Waals surface area (Å²) in [6.45, 7) is 12.5. The molecule has 0 bridgehead atoms. The summed E-state index contributed by atoms with van der Waals surface area (Å²) < 4.78 is 0. The molecule has 0 radical (unpaired) electrons. The molecule has 0 spiro atoms. The Morgan fingerprint density at radius 3 is 1.55 bits per heavy atom. The van der Waals surface area contributed by atoms with Crippen LogP contribution in [0.5, 0.6) is 0 Å². The zero-order chi connectivity index (χ0) is 9.70. The van der Waals surface area contributed by atoms with Gasteiger partial charge in [0.05, 0.1) is 0 Å². The molecular formula is C10H26O. The van der Waals surface area contributed by atoms with Gasteiger partial charge in [0.2, 0.25) is 0 Å². The molecule has 72 valence electrons. The lowest BCUT2D eigenvalue weighted by molar-refractivity contribution is 0.229. The van der Waals surface area contributed by atoms with Crippen LogP contribution in [-0.2, 0) is 0 Å². The summed E-state index contributed by atoms with van der Waals surface area (Å²) in [7, 11) is 0. The minimum atomic E-state index is 0.341. The number of aliphatic hydroxyl groups is 1. The first-order valence-electron chi connectivity index (χ1n) is 4.92. The number of hydrogen-bond donors (Lipinski definition) is 1. The summed E-state index contributed by atoms with van der Waals surface area (Å²) in [6, 6.07) is 0. The van der Waals surface area contributed by atoms with E-state index in [0.29, 0.717) is 12.5 Å². The normalized spacial score (nSPS) is 10.1. The van der Waals surface area contributed by atoms with Gasteiger partial charge >= 0.3 is 0 Å². The molecule has 1 nitrogen and oxygen atoms in total. The van der Waals surface area contributed by atoms with Crippen LogP contribution in [0.3, 0.4) is 0 Å². The Balaban J connectivity index is -0.000000138. The first-order valence-corrected chi connectivity index (χ1v) is 4.92. The van der Waals surface area contributed by atoms with Crippen molar-refractivity contribution < 1.29 is 5.11 Å². The van der Waals surface area contributed by atoms with Gasteiger partial charge in [-0.1, -0.05) is 48.0 Å². The Kier molecular flexibility index (Phi) is 35.1. The van der Waals surface area contributed by atoms with Crippen LogP contribution in [0.25, 0.3) is 0 Å². The molecule has 0 rings (SSSR count). The van der Waals surface area contributed by atoms with Crippen molar-refractivity contribution in [1.82, 2.24) is 0 Å². The van der Waals surface area contributed by atoms with Crippen LogP contribution in [0.2, 0.25) is 0 Å². The average molecular weight is 162 g/mol. The predicted octanol–water partition coefficient (Wildman–Crippen LogP) is 3.47. The first kappa shape index (κ1) is 17.2. The van der Waals surface area contributed by atoms with Gasteiger partial charge < -0.3 is 5.11 Å². The van der Waals surface area contributed by atoms with Gasteiger partial charge in [-0.05, 0) is 12.3 Å². The fraction of sp³-hybridized carbons (Fsp3) is 1.00. The minimum Gasteiger partial charge on any atom is -0.396 e. The van der Waals surface area contributed by atoms with Crippen LogP contribution >= 0.6 is 0 Å². The molecule has 0 saturated heterocycles. The Bertz CT molecular complexity index is 35.9. The van der Waals surface area contributed by atoms with E-state index in [2.05, 4.69) is 13.8 Å². The average Bonchev–Trinajstić information content (AvgIpc) is 2.12. The lowest BCUT2D eigenvalue weighted by Gasteiger charge is -2.01. The highest BCUT2D eigenvalue weighted by Crippen LogP contribution is 2.01. The quantitative estimate of drug-likeness (QED) is 0.673. The van der Waals surface area contributed by atoms with E-state index in [0.717, 1.165) is 6.42 Å². The van der Waals surface area contributed by atoms with Crippen molar-refractivity contribution in [1.29, 1.82) is 0 Å². The van der Waals surface area contributed by atoms with Gasteiger partial charge in [-0.3, -0.25) is 0 Å². The Morgan fingerprint density at radius 2 is 1.45 bits per heavy atom. The molecule has 1 heteroatoms.